The second-order valence-electron chi connectivity index (χ2n) is 6.05. The zero-order valence-corrected chi connectivity index (χ0v) is 16.4. The van der Waals surface area contributed by atoms with Gasteiger partial charge in [-0.05, 0) is 32.8 Å². The fourth-order valence-electron chi connectivity index (χ4n) is 3.65. The molecule has 0 spiro atoms. The molecule has 0 aromatic carbocycles. The summed E-state index contributed by atoms with van der Waals surface area (Å²) in [5.74, 6) is -2.28. The van der Waals surface area contributed by atoms with Crippen LogP contribution in [0.1, 0.15) is 38.6 Å². The fraction of sp³-hybridized carbons (Fsp3) is 0.562. The van der Waals surface area contributed by atoms with Crippen molar-refractivity contribution in [2.24, 2.45) is 5.92 Å². The van der Waals surface area contributed by atoms with Gasteiger partial charge in [0.15, 0.2) is 0 Å². The van der Waals surface area contributed by atoms with Gasteiger partial charge in [-0.2, -0.15) is 5.10 Å². The minimum Gasteiger partial charge on any atom is -0.543 e. The van der Waals surface area contributed by atoms with Crippen LogP contribution in [0.2, 0.25) is 0 Å². The van der Waals surface area contributed by atoms with E-state index in [-0.39, 0.29) is 47.2 Å². The molecule has 3 rings (SSSR count). The van der Waals surface area contributed by atoms with E-state index in [2.05, 4.69) is 5.10 Å². The second kappa shape index (κ2) is 7.00. The zero-order chi connectivity index (χ0) is 16.9. The first-order valence-corrected chi connectivity index (χ1v) is 7.93. The van der Waals surface area contributed by atoms with Crippen molar-refractivity contribution in [1.82, 2.24) is 14.7 Å². The van der Waals surface area contributed by atoms with Crippen LogP contribution in [0, 0.1) is 5.92 Å². The molecule has 8 heteroatoms. The molecule has 1 unspecified atom stereocenters. The van der Waals surface area contributed by atoms with E-state index in [4.69, 9.17) is 0 Å². The summed E-state index contributed by atoms with van der Waals surface area (Å²) in [5.41, 5.74) is 2.02. The normalized spacial score (nSPS) is 23.7. The van der Waals surface area contributed by atoms with Crippen LogP contribution in [0.4, 0.5) is 0 Å². The molecule has 2 aliphatic rings. The Bertz CT molecular complexity index is 689. The number of nitrogens with zero attached hydrogens (tertiary/aromatic N) is 3. The first-order chi connectivity index (χ1) is 10.9. The van der Waals surface area contributed by atoms with Crippen LogP contribution < -0.4 is 34.7 Å². The Morgan fingerprint density at radius 2 is 2.17 bits per heavy atom. The van der Waals surface area contributed by atoms with Gasteiger partial charge in [0, 0.05) is 17.8 Å². The van der Waals surface area contributed by atoms with Gasteiger partial charge >= 0.3 is 29.6 Å². The van der Waals surface area contributed by atoms with Crippen molar-refractivity contribution < 1.29 is 49.4 Å². The van der Waals surface area contributed by atoms with E-state index in [1.807, 2.05) is 24.6 Å². The Hall–Kier alpha value is -1.15. The number of fused-ring (bicyclic) bond motifs is 1. The molecule has 0 radical (unpaired) electrons. The number of aromatic nitrogens is 2. The Morgan fingerprint density at radius 3 is 2.62 bits per heavy atom. The van der Waals surface area contributed by atoms with Gasteiger partial charge in [-0.1, -0.05) is 6.92 Å². The third-order valence-corrected chi connectivity index (χ3v) is 4.76. The molecule has 0 saturated carbocycles. The SMILES string of the molecule is CCc1cc(C2=C(C(=O)[O-])N3C(=O)[C@H]([C@@H](C)O)C3C2)nn1CC.[Na+]. The number of rotatable bonds is 5. The molecule has 1 N–H and O–H groups in total. The van der Waals surface area contributed by atoms with Gasteiger partial charge in [-0.15, -0.1) is 0 Å². The van der Waals surface area contributed by atoms with Crippen LogP contribution in [-0.2, 0) is 22.6 Å². The number of carboxylic acid groups (broad SMARTS) is 1. The van der Waals surface area contributed by atoms with E-state index < -0.39 is 18.0 Å². The van der Waals surface area contributed by atoms with E-state index in [1.54, 1.807) is 6.92 Å². The molecule has 1 fully saturated rings. The summed E-state index contributed by atoms with van der Waals surface area (Å²) >= 11 is 0. The summed E-state index contributed by atoms with van der Waals surface area (Å²) in [7, 11) is 0. The number of amides is 1. The Kier molecular flexibility index (Phi) is 5.59. The van der Waals surface area contributed by atoms with Crippen LogP contribution in [0.5, 0.6) is 0 Å². The van der Waals surface area contributed by atoms with Crippen molar-refractivity contribution in [1.29, 1.82) is 0 Å². The van der Waals surface area contributed by atoms with Crippen LogP contribution >= 0.6 is 0 Å². The summed E-state index contributed by atoms with van der Waals surface area (Å²) in [5, 5.41) is 25.8. The molecule has 7 nitrogen and oxygen atoms in total. The molecular formula is C16H20N3NaO4. The molecule has 1 aromatic rings. The third-order valence-electron chi connectivity index (χ3n) is 4.76. The summed E-state index contributed by atoms with van der Waals surface area (Å²) in [6, 6.07) is 1.55. The monoisotopic (exact) mass is 341 g/mol. The Balaban J connectivity index is 0.00000208. The molecule has 124 valence electrons. The Morgan fingerprint density at radius 1 is 1.50 bits per heavy atom. The summed E-state index contributed by atoms with van der Waals surface area (Å²) in [6.45, 7) is 6.23. The number of aryl methyl sites for hydroxylation is 2. The number of carbonyl (C=O) groups is 2. The maximum Gasteiger partial charge on any atom is 1.00 e. The number of aliphatic hydroxyl groups excluding tert-OH is 1. The van der Waals surface area contributed by atoms with Crippen LogP contribution in [0.15, 0.2) is 11.8 Å². The molecule has 2 aliphatic heterocycles. The number of aliphatic carboxylic acids is 1. The largest absolute Gasteiger partial charge is 1.00 e. The van der Waals surface area contributed by atoms with Crippen molar-refractivity contribution in [2.75, 3.05) is 0 Å². The van der Waals surface area contributed by atoms with E-state index in [1.165, 1.54) is 4.90 Å². The second-order valence-corrected chi connectivity index (χ2v) is 6.05. The van der Waals surface area contributed by atoms with Crippen molar-refractivity contribution >= 4 is 17.4 Å². The molecule has 3 heterocycles. The molecule has 24 heavy (non-hydrogen) atoms. The first kappa shape index (κ1) is 19.2. The van der Waals surface area contributed by atoms with Crippen molar-refractivity contribution in [3.63, 3.8) is 0 Å². The summed E-state index contributed by atoms with van der Waals surface area (Å²) in [4.78, 5) is 25.0. The maximum absolute atomic E-state index is 12.2. The number of hydrogen-bond donors (Lipinski definition) is 1. The van der Waals surface area contributed by atoms with E-state index >= 15 is 0 Å². The molecular weight excluding hydrogens is 321 g/mol. The van der Waals surface area contributed by atoms with E-state index in [0.717, 1.165) is 12.1 Å². The first-order valence-electron chi connectivity index (χ1n) is 7.93. The quantitative estimate of drug-likeness (QED) is 0.443. The number of hydrogen-bond acceptors (Lipinski definition) is 5. The molecule has 1 aromatic heterocycles. The third kappa shape index (κ3) is 2.73. The van der Waals surface area contributed by atoms with Gasteiger partial charge in [0.25, 0.3) is 0 Å². The van der Waals surface area contributed by atoms with E-state index in [9.17, 15) is 19.8 Å². The van der Waals surface area contributed by atoms with Crippen molar-refractivity contribution in [3.8, 4) is 0 Å². The minimum atomic E-state index is -1.37. The van der Waals surface area contributed by atoms with E-state index in [0.29, 0.717) is 24.2 Å². The fourth-order valence-corrected chi connectivity index (χ4v) is 3.65. The van der Waals surface area contributed by atoms with Crippen LogP contribution in [0.25, 0.3) is 5.57 Å². The van der Waals surface area contributed by atoms with Gasteiger partial charge in [-0.25, -0.2) is 0 Å². The van der Waals surface area contributed by atoms with Crippen molar-refractivity contribution in [3.05, 3.63) is 23.2 Å². The zero-order valence-electron chi connectivity index (χ0n) is 14.4. The Labute approximate surface area is 162 Å². The molecule has 1 amide bonds. The average Bonchev–Trinajstić information content (AvgIpc) is 3.04. The molecule has 0 aliphatic carbocycles. The molecule has 3 atom stereocenters. The van der Waals surface area contributed by atoms with Gasteiger partial charge in [0.1, 0.15) is 0 Å². The van der Waals surface area contributed by atoms with Gasteiger partial charge in [-0.3, -0.25) is 9.48 Å². The predicted octanol–water partition coefficient (Wildman–Crippen LogP) is -3.46. The minimum absolute atomic E-state index is 0. The number of β-lactam (4-membered cyclic amide) rings is 1. The standard InChI is InChI=1S/C16H21N3O4.Na/c1-4-9-6-11(17-18(9)5-2)10-7-12-13(8(3)20)15(21)19(12)14(10)16(22)23;/h6,8,12-13,20H,4-5,7H2,1-3H3,(H,22,23);/q;+1/p-1/t8-,12?,13-;/m1./s1. The smallest absolute Gasteiger partial charge is 0.543 e. The number of carbonyl (C=O) groups excluding carboxylic acids is 2. The van der Waals surface area contributed by atoms with Crippen molar-refractivity contribution in [2.45, 2.75) is 52.3 Å². The predicted molar refractivity (Wildman–Crippen MR) is 79.6 cm³/mol. The summed E-state index contributed by atoms with van der Waals surface area (Å²) < 4.78 is 1.83. The maximum atomic E-state index is 12.2. The van der Waals surface area contributed by atoms with Crippen LogP contribution in [-0.4, -0.2) is 43.8 Å². The summed E-state index contributed by atoms with van der Waals surface area (Å²) in [6.07, 6.45) is 0.372. The average molecular weight is 341 g/mol. The van der Waals surface area contributed by atoms with Crippen LogP contribution in [0.3, 0.4) is 0 Å². The van der Waals surface area contributed by atoms with Gasteiger partial charge in [0.05, 0.1) is 35.4 Å². The topological polar surface area (TPSA) is 98.5 Å². The number of carboxylic acids is 1. The molecule has 0 bridgehead atoms. The van der Waals surface area contributed by atoms with Gasteiger partial charge in [0.2, 0.25) is 5.91 Å². The number of aliphatic hydroxyl groups is 1. The molecule has 1 saturated heterocycles. The van der Waals surface area contributed by atoms with Gasteiger partial charge < -0.3 is 19.9 Å².